The first-order chi connectivity index (χ1) is 10.6. The number of para-hydroxylation sites is 1. The van der Waals surface area contributed by atoms with Crippen molar-refractivity contribution < 1.29 is 4.79 Å². The van der Waals surface area contributed by atoms with Crippen molar-refractivity contribution in [3.8, 4) is 0 Å². The largest absolute Gasteiger partial charge is 0.361 e. The number of aromatic nitrogens is 2. The van der Waals surface area contributed by atoms with Gasteiger partial charge in [-0.25, -0.2) is 0 Å². The second-order valence-corrected chi connectivity index (χ2v) is 6.81. The number of amides is 1. The number of hydrogen-bond acceptors (Lipinski definition) is 1. The van der Waals surface area contributed by atoms with Crippen molar-refractivity contribution in [3.05, 3.63) is 56.4 Å². The van der Waals surface area contributed by atoms with Gasteiger partial charge in [0.1, 0.15) is 5.69 Å². The molecule has 0 radical (unpaired) electrons. The van der Waals surface area contributed by atoms with Crippen LogP contribution in [-0.2, 0) is 6.42 Å². The van der Waals surface area contributed by atoms with E-state index in [1.165, 1.54) is 22.0 Å². The predicted molar refractivity (Wildman–Crippen MR) is 95.3 cm³/mol. The van der Waals surface area contributed by atoms with Gasteiger partial charge >= 0.3 is 0 Å². The average Bonchev–Trinajstić information content (AvgIpc) is 3.05. The van der Waals surface area contributed by atoms with Gasteiger partial charge in [0.05, 0.1) is 9.08 Å². The highest BCUT2D eigenvalue weighted by Crippen LogP contribution is 2.23. The number of hydrogen-bond donors (Lipinski definition) is 3. The van der Waals surface area contributed by atoms with Crippen molar-refractivity contribution in [1.29, 1.82) is 0 Å². The molecule has 3 aromatic rings. The van der Waals surface area contributed by atoms with Gasteiger partial charge in [-0.3, -0.25) is 4.79 Å². The van der Waals surface area contributed by atoms with Crippen LogP contribution in [0, 0.1) is 6.92 Å². The molecule has 0 atom stereocenters. The van der Waals surface area contributed by atoms with Crippen LogP contribution in [0.25, 0.3) is 10.9 Å². The Kier molecular flexibility index (Phi) is 4.40. The maximum absolute atomic E-state index is 12.1. The molecule has 114 valence electrons. The summed E-state index contributed by atoms with van der Waals surface area (Å²) in [5.74, 6) is -0.109. The number of nitrogens with one attached hydrogen (secondary N) is 3. The quantitative estimate of drug-likeness (QED) is 0.574. The molecule has 0 aliphatic carbocycles. The van der Waals surface area contributed by atoms with Crippen molar-refractivity contribution in [3.63, 3.8) is 0 Å². The van der Waals surface area contributed by atoms with Crippen molar-refractivity contribution >= 4 is 48.7 Å². The summed E-state index contributed by atoms with van der Waals surface area (Å²) in [6.07, 6.45) is 2.81. The van der Waals surface area contributed by atoms with E-state index >= 15 is 0 Å². The maximum atomic E-state index is 12.1. The van der Waals surface area contributed by atoms with E-state index in [1.807, 2.05) is 6.20 Å². The molecular formula is C16H15Br2N3O. The molecule has 0 saturated carbocycles. The molecule has 0 unspecified atom stereocenters. The van der Waals surface area contributed by atoms with Crippen molar-refractivity contribution in [2.75, 3.05) is 6.54 Å². The van der Waals surface area contributed by atoms with Crippen molar-refractivity contribution in [1.82, 2.24) is 15.3 Å². The Labute approximate surface area is 144 Å². The Morgan fingerprint density at radius 1 is 1.32 bits per heavy atom. The van der Waals surface area contributed by atoms with Crippen LogP contribution in [0.5, 0.6) is 0 Å². The van der Waals surface area contributed by atoms with Crippen molar-refractivity contribution in [2.45, 2.75) is 13.3 Å². The zero-order chi connectivity index (χ0) is 15.7. The molecule has 3 rings (SSSR count). The van der Waals surface area contributed by atoms with E-state index in [4.69, 9.17) is 0 Å². The molecule has 0 fully saturated rings. The fourth-order valence-corrected chi connectivity index (χ4v) is 3.16. The number of aromatic amines is 2. The van der Waals surface area contributed by atoms with E-state index in [2.05, 4.69) is 72.3 Å². The molecule has 1 aromatic carbocycles. The highest BCUT2D eigenvalue weighted by atomic mass is 79.9. The number of aryl methyl sites for hydroxylation is 1. The van der Waals surface area contributed by atoms with Crippen LogP contribution in [0.4, 0.5) is 0 Å². The minimum Gasteiger partial charge on any atom is -0.361 e. The van der Waals surface area contributed by atoms with Crippen LogP contribution in [0.3, 0.4) is 0 Å². The van der Waals surface area contributed by atoms with Gasteiger partial charge in [0.2, 0.25) is 0 Å². The molecular weight excluding hydrogens is 410 g/mol. The number of carbonyl (C=O) groups is 1. The summed E-state index contributed by atoms with van der Waals surface area (Å²) in [7, 11) is 0. The summed E-state index contributed by atoms with van der Waals surface area (Å²) in [5, 5.41) is 4.15. The average molecular weight is 425 g/mol. The monoisotopic (exact) mass is 423 g/mol. The van der Waals surface area contributed by atoms with Crippen LogP contribution in [-0.4, -0.2) is 22.4 Å². The third-order valence-electron chi connectivity index (χ3n) is 3.66. The zero-order valence-corrected chi connectivity index (χ0v) is 15.1. The van der Waals surface area contributed by atoms with E-state index in [-0.39, 0.29) is 5.91 Å². The van der Waals surface area contributed by atoms with Gasteiger partial charge in [-0.05, 0) is 62.4 Å². The van der Waals surface area contributed by atoms with Gasteiger partial charge in [0.25, 0.3) is 5.91 Å². The molecule has 0 aliphatic heterocycles. The van der Waals surface area contributed by atoms with Crippen molar-refractivity contribution in [2.24, 2.45) is 0 Å². The lowest BCUT2D eigenvalue weighted by Crippen LogP contribution is -2.25. The van der Waals surface area contributed by atoms with Crippen LogP contribution < -0.4 is 5.32 Å². The van der Waals surface area contributed by atoms with Gasteiger partial charge in [0, 0.05) is 23.6 Å². The summed E-state index contributed by atoms with van der Waals surface area (Å²) >= 11 is 6.69. The Bertz CT molecular complexity index is 816. The van der Waals surface area contributed by atoms with Crippen LogP contribution >= 0.6 is 31.9 Å². The number of carbonyl (C=O) groups excluding carboxylic acids is 1. The third-order valence-corrected chi connectivity index (χ3v) is 5.44. The molecule has 4 nitrogen and oxygen atoms in total. The van der Waals surface area contributed by atoms with E-state index in [9.17, 15) is 4.79 Å². The summed E-state index contributed by atoms with van der Waals surface area (Å²) in [6, 6.07) is 8.01. The van der Waals surface area contributed by atoms with Gasteiger partial charge in [0.15, 0.2) is 0 Å². The summed E-state index contributed by atoms with van der Waals surface area (Å²) in [5.41, 5.74) is 4.15. The molecule has 1 amide bonds. The fraction of sp³-hybridized carbons (Fsp3) is 0.188. The molecule has 6 heteroatoms. The SMILES string of the molecule is Cc1cccc2c(CCNC(=O)c3cc(Br)c(Br)[nH]3)c[nH]c12. The molecule has 2 aromatic heterocycles. The second kappa shape index (κ2) is 6.30. The molecule has 0 saturated heterocycles. The van der Waals surface area contributed by atoms with Gasteiger partial charge in [-0.1, -0.05) is 18.2 Å². The third kappa shape index (κ3) is 2.98. The molecule has 2 heterocycles. The topological polar surface area (TPSA) is 60.7 Å². The first-order valence-electron chi connectivity index (χ1n) is 6.94. The zero-order valence-electron chi connectivity index (χ0n) is 12.0. The van der Waals surface area contributed by atoms with Crippen LogP contribution in [0.1, 0.15) is 21.6 Å². The fourth-order valence-electron chi connectivity index (χ4n) is 2.50. The lowest BCUT2D eigenvalue weighted by molar-refractivity contribution is 0.0949. The summed E-state index contributed by atoms with van der Waals surface area (Å²) in [6.45, 7) is 2.68. The highest BCUT2D eigenvalue weighted by molar-refractivity contribution is 9.13. The molecule has 0 aliphatic rings. The number of H-pyrrole nitrogens is 2. The van der Waals surface area contributed by atoms with Gasteiger partial charge < -0.3 is 15.3 Å². The number of halogens is 2. The lowest BCUT2D eigenvalue weighted by atomic mass is 10.1. The smallest absolute Gasteiger partial charge is 0.267 e. The minimum atomic E-state index is -0.109. The lowest BCUT2D eigenvalue weighted by Gasteiger charge is -2.03. The molecule has 0 spiro atoms. The Morgan fingerprint density at radius 3 is 2.86 bits per heavy atom. The Balaban J connectivity index is 1.65. The van der Waals surface area contributed by atoms with E-state index < -0.39 is 0 Å². The molecule has 22 heavy (non-hydrogen) atoms. The summed E-state index contributed by atoms with van der Waals surface area (Å²) in [4.78, 5) is 18.3. The van der Waals surface area contributed by atoms with E-state index in [1.54, 1.807) is 6.07 Å². The Hall–Kier alpha value is -1.53. The second-order valence-electron chi connectivity index (χ2n) is 5.16. The first kappa shape index (κ1) is 15.4. The maximum Gasteiger partial charge on any atom is 0.267 e. The number of fused-ring (bicyclic) bond motifs is 1. The highest BCUT2D eigenvalue weighted by Gasteiger charge is 2.11. The molecule has 0 bridgehead atoms. The standard InChI is InChI=1S/C16H15Br2N3O/c1-9-3-2-4-11-10(8-20-14(9)11)5-6-19-16(22)13-7-12(17)15(18)21-13/h2-4,7-8,20-21H,5-6H2,1H3,(H,19,22). The Morgan fingerprint density at radius 2 is 2.14 bits per heavy atom. The van der Waals surface area contributed by atoms with Crippen LogP contribution in [0.2, 0.25) is 0 Å². The first-order valence-corrected chi connectivity index (χ1v) is 8.52. The number of rotatable bonds is 4. The minimum absolute atomic E-state index is 0.109. The summed E-state index contributed by atoms with van der Waals surface area (Å²) < 4.78 is 1.61. The van der Waals surface area contributed by atoms with Gasteiger partial charge in [-0.15, -0.1) is 0 Å². The van der Waals surface area contributed by atoms with Gasteiger partial charge in [-0.2, -0.15) is 0 Å². The van der Waals surface area contributed by atoms with E-state index in [0.717, 1.165) is 15.5 Å². The number of benzene rings is 1. The predicted octanol–water partition coefficient (Wildman–Crippen LogP) is 4.30. The normalized spacial score (nSPS) is 11.0. The van der Waals surface area contributed by atoms with Crippen LogP contribution in [0.15, 0.2) is 39.5 Å². The molecule has 3 N–H and O–H groups in total. The van der Waals surface area contributed by atoms with E-state index in [0.29, 0.717) is 12.2 Å².